The number of aromatic hydroxyl groups is 1. The quantitative estimate of drug-likeness (QED) is 0.641. The highest BCUT2D eigenvalue weighted by Gasteiger charge is 2.22. The van der Waals surface area contributed by atoms with Crippen molar-refractivity contribution in [1.82, 2.24) is 0 Å². The van der Waals surface area contributed by atoms with E-state index in [0.717, 1.165) is 0 Å². The van der Waals surface area contributed by atoms with Crippen LogP contribution in [0.1, 0.15) is 11.5 Å². The molecule has 0 aliphatic heterocycles. The summed E-state index contributed by atoms with van der Waals surface area (Å²) in [6.45, 7) is 3.34. The lowest BCUT2D eigenvalue weighted by Gasteiger charge is -2.02. The van der Waals surface area contributed by atoms with Crippen molar-refractivity contribution in [3.8, 4) is 17.2 Å². The number of aromatic nitrogens is 1. The largest absolute Gasteiger partial charge is 0.616 e. The number of hydrogen-bond donors (Lipinski definition) is 1. The SMILES string of the molecule is Cc1oc(-c2cc(Cl)c(O)c(Cl)c2)[n+]([O-])c1C. The molecule has 0 fully saturated rings. The van der Waals surface area contributed by atoms with Crippen LogP contribution < -0.4 is 4.73 Å². The molecule has 0 aliphatic rings. The van der Waals surface area contributed by atoms with Crippen molar-refractivity contribution < 1.29 is 14.3 Å². The van der Waals surface area contributed by atoms with Crippen LogP contribution in [0.2, 0.25) is 10.0 Å². The van der Waals surface area contributed by atoms with E-state index < -0.39 is 0 Å². The Labute approximate surface area is 108 Å². The number of phenols is 1. The fourth-order valence-corrected chi connectivity index (χ4v) is 1.91. The molecule has 1 N–H and O–H groups in total. The van der Waals surface area contributed by atoms with E-state index in [-0.39, 0.29) is 21.7 Å². The molecular formula is C11H9Cl2NO3. The molecule has 90 valence electrons. The van der Waals surface area contributed by atoms with Crippen molar-refractivity contribution in [2.24, 2.45) is 0 Å². The molecule has 17 heavy (non-hydrogen) atoms. The Morgan fingerprint density at radius 2 is 1.76 bits per heavy atom. The maximum Gasteiger partial charge on any atom is 0.392 e. The standard InChI is InChI=1S/C11H9Cl2NO3/c1-5-6(2)17-11(14(5)16)7-3-8(12)10(15)9(13)4-7/h3-4,15H,1-2H3. The van der Waals surface area contributed by atoms with Gasteiger partial charge in [-0.2, -0.15) is 0 Å². The van der Waals surface area contributed by atoms with Crippen molar-refractivity contribution in [2.45, 2.75) is 13.8 Å². The van der Waals surface area contributed by atoms with E-state index >= 15 is 0 Å². The van der Waals surface area contributed by atoms with Gasteiger partial charge in [0, 0.05) is 13.8 Å². The van der Waals surface area contributed by atoms with Crippen molar-refractivity contribution >= 4 is 23.2 Å². The first-order chi connectivity index (χ1) is 7.91. The first-order valence-corrected chi connectivity index (χ1v) is 5.55. The second-order valence-corrected chi connectivity index (χ2v) is 4.45. The Morgan fingerprint density at radius 1 is 1.24 bits per heavy atom. The van der Waals surface area contributed by atoms with Crippen LogP contribution in [0.25, 0.3) is 11.5 Å². The Hall–Kier alpha value is -1.39. The molecule has 1 heterocycles. The van der Waals surface area contributed by atoms with Gasteiger partial charge in [-0.15, -0.1) is 4.73 Å². The molecule has 2 aromatic rings. The average Bonchev–Trinajstić information content (AvgIpc) is 2.53. The minimum atomic E-state index is -0.213. The molecule has 0 atom stereocenters. The molecule has 0 amide bonds. The molecular weight excluding hydrogens is 265 g/mol. The van der Waals surface area contributed by atoms with Gasteiger partial charge in [-0.3, -0.25) is 0 Å². The number of phenolic OH excluding ortho intramolecular Hbond substituents is 1. The van der Waals surface area contributed by atoms with Crippen LogP contribution in [0.3, 0.4) is 0 Å². The van der Waals surface area contributed by atoms with Crippen molar-refractivity contribution in [1.29, 1.82) is 0 Å². The van der Waals surface area contributed by atoms with Crippen LogP contribution in [0, 0.1) is 19.1 Å². The number of oxazole rings is 1. The maximum atomic E-state index is 11.8. The van der Waals surface area contributed by atoms with E-state index in [1.165, 1.54) is 12.1 Å². The van der Waals surface area contributed by atoms with Gasteiger partial charge in [0.05, 0.1) is 15.6 Å². The molecule has 1 aromatic carbocycles. The molecule has 4 nitrogen and oxygen atoms in total. The average molecular weight is 274 g/mol. The van der Waals surface area contributed by atoms with E-state index in [1.54, 1.807) is 13.8 Å². The van der Waals surface area contributed by atoms with Crippen LogP contribution in [0.5, 0.6) is 5.75 Å². The fraction of sp³-hybridized carbons (Fsp3) is 0.182. The lowest BCUT2D eigenvalue weighted by atomic mass is 10.2. The van der Waals surface area contributed by atoms with E-state index in [4.69, 9.17) is 27.6 Å². The van der Waals surface area contributed by atoms with E-state index in [2.05, 4.69) is 0 Å². The summed E-state index contributed by atoms with van der Waals surface area (Å²) in [5.74, 6) is 0.411. The van der Waals surface area contributed by atoms with Gasteiger partial charge in [-0.25, -0.2) is 0 Å². The smallest absolute Gasteiger partial charge is 0.392 e. The predicted molar refractivity (Wildman–Crippen MR) is 64.3 cm³/mol. The van der Waals surface area contributed by atoms with Crippen LogP contribution in [-0.2, 0) is 0 Å². The van der Waals surface area contributed by atoms with Gasteiger partial charge < -0.3 is 14.7 Å². The second kappa shape index (κ2) is 4.13. The van der Waals surface area contributed by atoms with E-state index in [1.807, 2.05) is 0 Å². The number of aryl methyl sites for hydroxylation is 1. The topological polar surface area (TPSA) is 60.3 Å². The molecule has 0 radical (unpaired) electrons. The van der Waals surface area contributed by atoms with E-state index in [0.29, 0.717) is 21.7 Å². The predicted octanol–water partition coefficient (Wildman–Crippen LogP) is 3.21. The Morgan fingerprint density at radius 3 is 2.18 bits per heavy atom. The molecule has 0 aliphatic carbocycles. The van der Waals surface area contributed by atoms with Gasteiger partial charge in [-0.05, 0) is 12.1 Å². The third-order valence-electron chi connectivity index (χ3n) is 2.51. The summed E-state index contributed by atoms with van der Waals surface area (Å²) in [7, 11) is 0. The molecule has 0 bridgehead atoms. The van der Waals surface area contributed by atoms with Crippen LogP contribution in [-0.4, -0.2) is 5.11 Å². The zero-order chi connectivity index (χ0) is 12.7. The first-order valence-electron chi connectivity index (χ1n) is 4.79. The highest BCUT2D eigenvalue weighted by atomic mass is 35.5. The van der Waals surface area contributed by atoms with Crippen molar-refractivity contribution in [2.75, 3.05) is 0 Å². The van der Waals surface area contributed by atoms with Gasteiger partial charge in [-0.1, -0.05) is 23.2 Å². The third-order valence-corrected chi connectivity index (χ3v) is 3.09. The molecule has 0 saturated carbocycles. The zero-order valence-electron chi connectivity index (χ0n) is 9.12. The highest BCUT2D eigenvalue weighted by molar-refractivity contribution is 6.37. The minimum Gasteiger partial charge on any atom is -0.616 e. The van der Waals surface area contributed by atoms with Gasteiger partial charge in [0.2, 0.25) is 5.69 Å². The summed E-state index contributed by atoms with van der Waals surface area (Å²) in [5, 5.41) is 21.3. The molecule has 0 saturated heterocycles. The maximum absolute atomic E-state index is 11.8. The van der Waals surface area contributed by atoms with Crippen LogP contribution in [0.15, 0.2) is 16.5 Å². The lowest BCUT2D eigenvalue weighted by molar-refractivity contribution is -0.602. The van der Waals surface area contributed by atoms with Crippen molar-refractivity contribution in [3.63, 3.8) is 0 Å². The second-order valence-electron chi connectivity index (χ2n) is 3.63. The van der Waals surface area contributed by atoms with Gasteiger partial charge >= 0.3 is 5.89 Å². The summed E-state index contributed by atoms with van der Waals surface area (Å²) >= 11 is 11.6. The van der Waals surface area contributed by atoms with E-state index in [9.17, 15) is 10.3 Å². The number of rotatable bonds is 1. The number of hydrogen-bond acceptors (Lipinski definition) is 3. The summed E-state index contributed by atoms with van der Waals surface area (Å²) in [5.41, 5.74) is 0.893. The Balaban J connectivity index is 2.65. The molecule has 1 aromatic heterocycles. The third kappa shape index (κ3) is 1.94. The van der Waals surface area contributed by atoms with Gasteiger partial charge in [0.15, 0.2) is 11.5 Å². The van der Waals surface area contributed by atoms with Gasteiger partial charge in [0.1, 0.15) is 0 Å². The minimum absolute atomic E-state index is 0.0687. The van der Waals surface area contributed by atoms with Crippen LogP contribution >= 0.6 is 23.2 Å². The Kier molecular flexibility index (Phi) is 2.93. The summed E-state index contributed by atoms with van der Waals surface area (Å²) in [6.07, 6.45) is 0. The number of benzene rings is 1. The van der Waals surface area contributed by atoms with Crippen molar-refractivity contribution in [3.05, 3.63) is 38.8 Å². The zero-order valence-corrected chi connectivity index (χ0v) is 10.6. The molecule has 6 heteroatoms. The van der Waals surface area contributed by atoms with Gasteiger partial charge in [0.25, 0.3) is 0 Å². The van der Waals surface area contributed by atoms with Crippen LogP contribution in [0.4, 0.5) is 0 Å². The highest BCUT2D eigenvalue weighted by Crippen LogP contribution is 2.36. The molecule has 0 spiro atoms. The first kappa shape index (κ1) is 12.1. The Bertz CT molecular complexity index is 570. The normalized spacial score (nSPS) is 10.8. The molecule has 0 unspecified atom stereocenters. The monoisotopic (exact) mass is 273 g/mol. The summed E-state index contributed by atoms with van der Waals surface area (Å²) < 4.78 is 5.99. The number of nitrogens with zero attached hydrogens (tertiary/aromatic N) is 1. The molecule has 2 rings (SSSR count). The lowest BCUT2D eigenvalue weighted by Crippen LogP contribution is -2.29. The summed E-state index contributed by atoms with van der Waals surface area (Å²) in [4.78, 5) is 0. The summed E-state index contributed by atoms with van der Waals surface area (Å²) in [6, 6.07) is 2.85. The number of halogens is 2. The fourth-order valence-electron chi connectivity index (χ4n) is 1.42.